The molecule has 8 atom stereocenters. The molecule has 0 saturated heterocycles. The van der Waals surface area contributed by atoms with Crippen LogP contribution in [-0.4, -0.2) is 5.78 Å². The first-order valence-electron chi connectivity index (χ1n) is 13.5. The number of hydrogen-bond acceptors (Lipinski definition) is 1. The Morgan fingerprint density at radius 2 is 1.97 bits per heavy atom. The van der Waals surface area contributed by atoms with Crippen molar-refractivity contribution in [1.29, 1.82) is 0 Å². The zero-order valence-corrected chi connectivity index (χ0v) is 20.9. The number of carbonyl (C=O) groups excluding carboxylic acids is 1. The molecule has 35 heavy (non-hydrogen) atoms. The number of fused-ring (bicyclic) bond motifs is 2. The molecule has 1 radical (unpaired) electrons. The van der Waals surface area contributed by atoms with E-state index in [1.54, 1.807) is 12.1 Å². The highest BCUT2D eigenvalue weighted by Crippen LogP contribution is 2.60. The van der Waals surface area contributed by atoms with E-state index in [4.69, 9.17) is 0 Å². The highest BCUT2D eigenvalue weighted by molar-refractivity contribution is 6.08. The molecule has 0 aliphatic heterocycles. The molecule has 3 unspecified atom stereocenters. The molecule has 2 heteroatoms. The summed E-state index contributed by atoms with van der Waals surface area (Å²) in [6.07, 6.45) is 19.2. The van der Waals surface area contributed by atoms with Crippen molar-refractivity contribution in [2.45, 2.75) is 46.0 Å². The van der Waals surface area contributed by atoms with Crippen LogP contribution >= 0.6 is 0 Å². The van der Waals surface area contributed by atoms with Gasteiger partial charge in [-0.05, 0) is 102 Å². The third-order valence-electron chi connectivity index (χ3n) is 9.81. The van der Waals surface area contributed by atoms with Crippen molar-refractivity contribution in [3.63, 3.8) is 0 Å². The van der Waals surface area contributed by atoms with Crippen LogP contribution < -0.4 is 0 Å². The van der Waals surface area contributed by atoms with Crippen molar-refractivity contribution >= 4 is 11.4 Å². The van der Waals surface area contributed by atoms with Crippen LogP contribution in [0.3, 0.4) is 0 Å². The lowest BCUT2D eigenvalue weighted by molar-refractivity contribution is -0.126. The Kier molecular flexibility index (Phi) is 5.82. The minimum atomic E-state index is -0.180. The minimum absolute atomic E-state index is 0.180. The van der Waals surface area contributed by atoms with Gasteiger partial charge in [-0.25, -0.2) is 4.39 Å². The second-order valence-electron chi connectivity index (χ2n) is 11.7. The number of carbonyl (C=O) groups is 1. The highest BCUT2D eigenvalue weighted by Gasteiger charge is 2.55. The SMILES string of the molecule is C=C[C@@H]1CC[C@@H]2[C@@H](C1)C[C@H]1C(=O)C3=C([CH]3)C(C)C1[C@H]2/C=C/C1=CC=C(c2cccc(F)c2)C(C)C1. The zero-order valence-electron chi connectivity index (χ0n) is 20.9. The highest BCUT2D eigenvalue weighted by atomic mass is 19.1. The molecule has 2 saturated carbocycles. The van der Waals surface area contributed by atoms with E-state index in [0.717, 1.165) is 24.0 Å². The Labute approximate surface area is 209 Å². The Hall–Kier alpha value is -2.48. The monoisotopic (exact) mass is 467 g/mol. The molecule has 1 aromatic carbocycles. The lowest BCUT2D eigenvalue weighted by Gasteiger charge is -2.51. The summed E-state index contributed by atoms with van der Waals surface area (Å²) in [5.41, 5.74) is 5.91. The quantitative estimate of drug-likeness (QED) is 0.411. The maximum Gasteiger partial charge on any atom is 0.162 e. The average Bonchev–Trinajstić information content (AvgIpc) is 3.66. The molecule has 6 rings (SSSR count). The van der Waals surface area contributed by atoms with Gasteiger partial charge in [-0.1, -0.05) is 61.9 Å². The molecule has 0 bridgehead atoms. The van der Waals surface area contributed by atoms with Gasteiger partial charge >= 0.3 is 0 Å². The van der Waals surface area contributed by atoms with Gasteiger partial charge in [0.15, 0.2) is 5.78 Å². The first kappa shape index (κ1) is 23.0. The molecule has 0 amide bonds. The fourth-order valence-corrected chi connectivity index (χ4v) is 8.00. The second kappa shape index (κ2) is 8.87. The number of allylic oxidation sites excluding steroid dienone is 9. The van der Waals surface area contributed by atoms with Crippen LogP contribution in [0.1, 0.15) is 51.5 Å². The van der Waals surface area contributed by atoms with Gasteiger partial charge < -0.3 is 0 Å². The van der Waals surface area contributed by atoms with E-state index in [2.05, 4.69) is 57.2 Å². The summed E-state index contributed by atoms with van der Waals surface area (Å²) in [5.74, 6) is 4.03. The van der Waals surface area contributed by atoms with E-state index in [-0.39, 0.29) is 11.7 Å². The van der Waals surface area contributed by atoms with Crippen molar-refractivity contribution < 1.29 is 9.18 Å². The number of halogens is 1. The number of ketones is 1. The van der Waals surface area contributed by atoms with E-state index < -0.39 is 0 Å². The molecule has 1 nitrogen and oxygen atoms in total. The summed E-state index contributed by atoms with van der Waals surface area (Å²) < 4.78 is 13.8. The fraction of sp³-hybridized carbons (Fsp3) is 0.455. The minimum Gasteiger partial charge on any atom is -0.294 e. The molecule has 5 aliphatic carbocycles. The summed E-state index contributed by atoms with van der Waals surface area (Å²) in [4.78, 5) is 13.3. The van der Waals surface area contributed by atoms with Crippen LogP contribution in [-0.2, 0) is 4.79 Å². The van der Waals surface area contributed by atoms with Crippen molar-refractivity contribution in [3.8, 4) is 0 Å². The van der Waals surface area contributed by atoms with E-state index in [1.165, 1.54) is 42.0 Å². The lowest BCUT2D eigenvalue weighted by atomic mass is 9.52. The topological polar surface area (TPSA) is 17.1 Å². The van der Waals surface area contributed by atoms with Crippen molar-refractivity contribution in [3.05, 3.63) is 95.7 Å². The van der Waals surface area contributed by atoms with Gasteiger partial charge in [0.25, 0.3) is 0 Å². The van der Waals surface area contributed by atoms with E-state index in [0.29, 0.717) is 47.2 Å². The van der Waals surface area contributed by atoms with Crippen LogP contribution in [0.2, 0.25) is 0 Å². The zero-order chi connectivity index (χ0) is 24.3. The number of Topliss-reactive ketones (excluding diaryl/α,β-unsaturated/α-hetero) is 1. The van der Waals surface area contributed by atoms with Crippen LogP contribution in [0.4, 0.5) is 4.39 Å². The summed E-state index contributed by atoms with van der Waals surface area (Å²) in [5, 5.41) is 0. The van der Waals surface area contributed by atoms with Crippen molar-refractivity contribution in [2.75, 3.05) is 0 Å². The summed E-state index contributed by atoms with van der Waals surface area (Å²) >= 11 is 0. The fourth-order valence-electron chi connectivity index (χ4n) is 8.00. The van der Waals surface area contributed by atoms with Crippen LogP contribution in [0.5, 0.6) is 0 Å². The molecule has 5 aliphatic rings. The summed E-state index contributed by atoms with van der Waals surface area (Å²) in [6.45, 7) is 8.67. The predicted octanol–water partition coefficient (Wildman–Crippen LogP) is 7.94. The summed E-state index contributed by atoms with van der Waals surface area (Å²) in [7, 11) is 0. The van der Waals surface area contributed by atoms with E-state index >= 15 is 0 Å². The van der Waals surface area contributed by atoms with Gasteiger partial charge in [0.05, 0.1) is 0 Å². The molecule has 1 aromatic rings. The maximum atomic E-state index is 13.8. The number of hydrogen-bond donors (Lipinski definition) is 0. The Morgan fingerprint density at radius 3 is 2.74 bits per heavy atom. The molecular weight excluding hydrogens is 431 g/mol. The second-order valence-corrected chi connectivity index (χ2v) is 11.7. The molecule has 0 heterocycles. The predicted molar refractivity (Wildman–Crippen MR) is 140 cm³/mol. The maximum absolute atomic E-state index is 13.8. The average molecular weight is 468 g/mol. The Balaban J connectivity index is 1.29. The normalized spacial score (nSPS) is 38.3. The first-order valence-corrected chi connectivity index (χ1v) is 13.5. The van der Waals surface area contributed by atoms with Crippen LogP contribution in [0, 0.1) is 59.6 Å². The van der Waals surface area contributed by atoms with Crippen LogP contribution in [0.15, 0.2) is 77.9 Å². The van der Waals surface area contributed by atoms with E-state index in [9.17, 15) is 9.18 Å². The number of rotatable bonds is 4. The molecule has 2 fully saturated rings. The van der Waals surface area contributed by atoms with Crippen molar-refractivity contribution in [1.82, 2.24) is 0 Å². The van der Waals surface area contributed by atoms with E-state index in [1.807, 2.05) is 6.07 Å². The standard InChI is InChI=1S/C33H36FO/c1-4-21-8-12-27-24(15-21)17-31-32(20(3)29-18-30(29)33(31)35)28(27)13-10-22-9-11-26(19(2)14-22)23-6-5-7-25(34)16-23/h4-7,9-11,13,16,18-21,24,27-28,31-32H,1,8,12,14-15,17H2,2-3H3/b13-10+/t19?,20?,21-,24+,27-,28+,31-,32?/m1/s1. The van der Waals surface area contributed by atoms with Gasteiger partial charge in [0.2, 0.25) is 0 Å². The Morgan fingerprint density at radius 1 is 1.11 bits per heavy atom. The van der Waals surface area contributed by atoms with Crippen LogP contribution in [0.25, 0.3) is 5.57 Å². The van der Waals surface area contributed by atoms with Gasteiger partial charge in [-0.3, -0.25) is 4.79 Å². The molecular formula is C33H36FO. The third-order valence-corrected chi connectivity index (χ3v) is 9.81. The Bertz CT molecular complexity index is 1180. The van der Waals surface area contributed by atoms with Gasteiger partial charge in [0.1, 0.15) is 5.82 Å². The molecule has 0 aromatic heterocycles. The summed E-state index contributed by atoms with van der Waals surface area (Å²) in [6, 6.07) is 6.93. The van der Waals surface area contributed by atoms with Crippen molar-refractivity contribution in [2.24, 2.45) is 47.3 Å². The molecule has 0 N–H and O–H groups in total. The molecule has 0 spiro atoms. The van der Waals surface area contributed by atoms with Gasteiger partial charge in [-0.2, -0.15) is 0 Å². The number of benzene rings is 1. The third kappa shape index (κ3) is 4.03. The largest absolute Gasteiger partial charge is 0.294 e. The smallest absolute Gasteiger partial charge is 0.162 e. The van der Waals surface area contributed by atoms with Gasteiger partial charge in [0, 0.05) is 17.9 Å². The first-order chi connectivity index (χ1) is 16.9. The lowest BCUT2D eigenvalue weighted by Crippen LogP contribution is -2.47. The van der Waals surface area contributed by atoms with Gasteiger partial charge in [-0.15, -0.1) is 6.58 Å². The molecule has 181 valence electrons.